The van der Waals surface area contributed by atoms with Gasteiger partial charge >= 0.3 is 0 Å². The van der Waals surface area contributed by atoms with E-state index < -0.39 is 5.82 Å². The van der Waals surface area contributed by atoms with Crippen molar-refractivity contribution in [3.63, 3.8) is 0 Å². The highest BCUT2D eigenvalue weighted by molar-refractivity contribution is 7.99. The molecule has 3 rings (SSSR count). The van der Waals surface area contributed by atoms with Crippen molar-refractivity contribution >= 4 is 35.0 Å². The predicted octanol–water partition coefficient (Wildman–Crippen LogP) is 4.71. The van der Waals surface area contributed by atoms with Crippen molar-refractivity contribution in [3.8, 4) is 5.75 Å². The monoisotopic (exact) mass is 450 g/mol. The van der Waals surface area contributed by atoms with E-state index in [9.17, 15) is 13.6 Å². The summed E-state index contributed by atoms with van der Waals surface area (Å²) in [5, 5.41) is 11.3. The van der Waals surface area contributed by atoms with Crippen LogP contribution >= 0.6 is 23.4 Å². The van der Waals surface area contributed by atoms with E-state index in [4.69, 9.17) is 16.3 Å². The molecule has 0 atom stereocenters. The van der Waals surface area contributed by atoms with Crippen LogP contribution in [0.2, 0.25) is 5.02 Å². The Hall–Kier alpha value is -2.91. The molecule has 1 aromatic heterocycles. The maximum Gasteiger partial charge on any atom is 0.234 e. The fourth-order valence-corrected chi connectivity index (χ4v) is 3.37. The van der Waals surface area contributed by atoms with Gasteiger partial charge in [-0.3, -0.25) is 9.36 Å². The van der Waals surface area contributed by atoms with Gasteiger partial charge in [-0.25, -0.2) is 8.78 Å². The zero-order valence-electron chi connectivity index (χ0n) is 15.6. The Balaban J connectivity index is 1.60. The van der Waals surface area contributed by atoms with Gasteiger partial charge in [-0.05, 0) is 42.5 Å². The molecule has 0 aliphatic rings. The molecule has 156 valence electrons. The average molecular weight is 451 g/mol. The summed E-state index contributed by atoms with van der Waals surface area (Å²) < 4.78 is 33.6. The maximum absolute atomic E-state index is 13.2. The fourth-order valence-electron chi connectivity index (χ4n) is 2.42. The van der Waals surface area contributed by atoms with E-state index in [1.807, 2.05) is 0 Å². The minimum atomic E-state index is -0.558. The largest absolute Gasteiger partial charge is 0.486 e. The summed E-state index contributed by atoms with van der Waals surface area (Å²) in [5.74, 6) is -0.124. The molecule has 0 bridgehead atoms. The number of thioether (sulfide) groups is 1. The quantitative estimate of drug-likeness (QED) is 0.378. The van der Waals surface area contributed by atoms with Crippen LogP contribution in [0.1, 0.15) is 5.82 Å². The Kier molecular flexibility index (Phi) is 7.42. The lowest BCUT2D eigenvalue weighted by atomic mass is 10.3. The second kappa shape index (κ2) is 10.2. The van der Waals surface area contributed by atoms with Crippen LogP contribution in [0.4, 0.5) is 14.5 Å². The first-order valence-corrected chi connectivity index (χ1v) is 10.1. The van der Waals surface area contributed by atoms with E-state index in [-0.39, 0.29) is 29.1 Å². The summed E-state index contributed by atoms with van der Waals surface area (Å²) in [5.41, 5.74) is 0.396. The highest BCUT2D eigenvalue weighted by Gasteiger charge is 2.14. The Morgan fingerprint density at radius 3 is 2.70 bits per heavy atom. The topological polar surface area (TPSA) is 69.0 Å². The van der Waals surface area contributed by atoms with Crippen molar-refractivity contribution in [2.45, 2.75) is 18.3 Å². The number of hydrogen-bond donors (Lipinski definition) is 1. The summed E-state index contributed by atoms with van der Waals surface area (Å²) >= 11 is 6.90. The first kappa shape index (κ1) is 21.8. The number of amides is 1. The number of ether oxygens (including phenoxy) is 1. The minimum absolute atomic E-state index is 0.0586. The van der Waals surface area contributed by atoms with Gasteiger partial charge in [-0.1, -0.05) is 29.4 Å². The van der Waals surface area contributed by atoms with Crippen molar-refractivity contribution < 1.29 is 18.3 Å². The highest BCUT2D eigenvalue weighted by atomic mass is 35.5. The highest BCUT2D eigenvalue weighted by Crippen LogP contribution is 2.22. The lowest BCUT2D eigenvalue weighted by molar-refractivity contribution is -0.113. The van der Waals surface area contributed by atoms with Crippen molar-refractivity contribution in [3.05, 3.63) is 77.6 Å². The van der Waals surface area contributed by atoms with Crippen LogP contribution in [0.15, 0.2) is 60.3 Å². The van der Waals surface area contributed by atoms with Gasteiger partial charge in [0.05, 0.1) is 10.8 Å². The summed E-state index contributed by atoms with van der Waals surface area (Å²) in [6, 6.07) is 9.59. The van der Waals surface area contributed by atoms with E-state index in [1.54, 1.807) is 10.6 Å². The molecule has 6 nitrogen and oxygen atoms in total. The Morgan fingerprint density at radius 1 is 1.23 bits per heavy atom. The first-order chi connectivity index (χ1) is 14.5. The number of nitrogens with one attached hydrogen (secondary N) is 1. The second-order valence-corrected chi connectivity index (χ2v) is 7.36. The molecule has 30 heavy (non-hydrogen) atoms. The summed E-state index contributed by atoms with van der Waals surface area (Å²) in [6.45, 7) is 4.26. The van der Waals surface area contributed by atoms with E-state index >= 15 is 0 Å². The molecule has 1 N–H and O–H groups in total. The molecule has 3 aromatic rings. The molecule has 0 aliphatic heterocycles. The number of hydrogen-bond acceptors (Lipinski definition) is 5. The Labute approximate surface area is 180 Å². The summed E-state index contributed by atoms with van der Waals surface area (Å²) in [4.78, 5) is 12.2. The standard InChI is InChI=1S/C20H17ClF2N4O2S/c1-2-9-27-18(11-29-15-6-3-13(22)4-7-15)25-26-20(27)30-12-19(28)24-14-5-8-17(23)16(21)10-14/h2-8,10H,1,9,11-12H2,(H,24,28). The van der Waals surface area contributed by atoms with Crippen LogP contribution in [-0.4, -0.2) is 26.4 Å². The lowest BCUT2D eigenvalue weighted by Crippen LogP contribution is -2.15. The zero-order valence-corrected chi connectivity index (χ0v) is 17.2. The summed E-state index contributed by atoms with van der Waals surface area (Å²) in [6.07, 6.45) is 1.68. The van der Waals surface area contributed by atoms with E-state index in [0.29, 0.717) is 29.0 Å². The van der Waals surface area contributed by atoms with Gasteiger partial charge in [0.1, 0.15) is 24.0 Å². The number of benzene rings is 2. The molecule has 0 radical (unpaired) electrons. The number of allylic oxidation sites excluding steroid dienone is 1. The lowest BCUT2D eigenvalue weighted by Gasteiger charge is -2.09. The van der Waals surface area contributed by atoms with Crippen molar-refractivity contribution in [1.29, 1.82) is 0 Å². The van der Waals surface area contributed by atoms with E-state index in [0.717, 1.165) is 0 Å². The fraction of sp³-hybridized carbons (Fsp3) is 0.150. The van der Waals surface area contributed by atoms with Gasteiger partial charge in [-0.2, -0.15) is 0 Å². The normalized spacial score (nSPS) is 10.6. The summed E-state index contributed by atoms with van der Waals surface area (Å²) in [7, 11) is 0. The molecule has 2 aromatic carbocycles. The zero-order chi connectivity index (χ0) is 21.5. The third kappa shape index (κ3) is 5.80. The molecule has 0 unspecified atom stereocenters. The van der Waals surface area contributed by atoms with Gasteiger partial charge < -0.3 is 10.1 Å². The molecule has 0 aliphatic carbocycles. The minimum Gasteiger partial charge on any atom is -0.486 e. The number of anilines is 1. The van der Waals surface area contributed by atoms with Gasteiger partial charge in [0, 0.05) is 12.2 Å². The van der Waals surface area contributed by atoms with Crippen molar-refractivity contribution in [2.75, 3.05) is 11.1 Å². The Bertz CT molecular complexity index is 1040. The van der Waals surface area contributed by atoms with Crippen LogP contribution < -0.4 is 10.1 Å². The molecule has 10 heteroatoms. The molecule has 0 saturated carbocycles. The van der Waals surface area contributed by atoms with Crippen LogP contribution in [0.3, 0.4) is 0 Å². The molecule has 0 fully saturated rings. The van der Waals surface area contributed by atoms with Crippen LogP contribution in [0, 0.1) is 11.6 Å². The van der Waals surface area contributed by atoms with Gasteiger partial charge in [0.15, 0.2) is 11.0 Å². The Morgan fingerprint density at radius 2 is 2.00 bits per heavy atom. The van der Waals surface area contributed by atoms with Crippen molar-refractivity contribution in [1.82, 2.24) is 14.8 Å². The first-order valence-electron chi connectivity index (χ1n) is 8.75. The van der Waals surface area contributed by atoms with Crippen LogP contribution in [0.5, 0.6) is 5.75 Å². The number of carbonyl (C=O) groups excluding carboxylic acids is 1. The average Bonchev–Trinajstić information content (AvgIpc) is 3.11. The smallest absolute Gasteiger partial charge is 0.234 e. The van der Waals surface area contributed by atoms with Crippen LogP contribution in [0.25, 0.3) is 0 Å². The third-order valence-electron chi connectivity index (χ3n) is 3.82. The molecular formula is C20H17ClF2N4O2S. The number of nitrogens with zero attached hydrogens (tertiary/aromatic N) is 3. The van der Waals surface area contributed by atoms with Gasteiger partial charge in [0.25, 0.3) is 0 Å². The number of aromatic nitrogens is 3. The molecule has 0 spiro atoms. The molecule has 1 heterocycles. The van der Waals surface area contributed by atoms with E-state index in [1.165, 1.54) is 54.2 Å². The van der Waals surface area contributed by atoms with Gasteiger partial charge in [-0.15, -0.1) is 16.8 Å². The number of halogens is 3. The molecule has 0 saturated heterocycles. The molecular weight excluding hydrogens is 434 g/mol. The SMILES string of the molecule is C=CCn1c(COc2ccc(F)cc2)nnc1SCC(=O)Nc1ccc(F)c(Cl)c1. The van der Waals surface area contributed by atoms with Gasteiger partial charge in [0.2, 0.25) is 5.91 Å². The van der Waals surface area contributed by atoms with Crippen molar-refractivity contribution in [2.24, 2.45) is 0 Å². The third-order valence-corrected chi connectivity index (χ3v) is 5.08. The predicted molar refractivity (Wildman–Crippen MR) is 112 cm³/mol. The maximum atomic E-state index is 13.2. The number of rotatable bonds is 9. The van der Waals surface area contributed by atoms with E-state index in [2.05, 4.69) is 22.1 Å². The van der Waals surface area contributed by atoms with Crippen LogP contribution in [-0.2, 0) is 17.9 Å². The number of carbonyl (C=O) groups is 1. The molecule has 1 amide bonds. The second-order valence-electron chi connectivity index (χ2n) is 6.01.